The minimum Gasteiger partial charge on any atom is -0.477 e. The Bertz CT molecular complexity index is 469. The molecule has 0 saturated heterocycles. The molecule has 0 saturated carbocycles. The Labute approximate surface area is 102 Å². The van der Waals surface area contributed by atoms with Gasteiger partial charge in [-0.1, -0.05) is 28.1 Å². The van der Waals surface area contributed by atoms with Crippen molar-refractivity contribution in [3.05, 3.63) is 45.4 Å². The van der Waals surface area contributed by atoms with Crippen molar-refractivity contribution in [1.29, 1.82) is 5.26 Å². The number of carbonyl (C=O) groups is 1. The molecular formula is C12H10BrNO2. The molecule has 1 aromatic carbocycles. The highest BCUT2D eigenvalue weighted by Crippen LogP contribution is 2.15. The molecule has 0 unspecified atom stereocenters. The third-order valence-electron chi connectivity index (χ3n) is 2.13. The van der Waals surface area contributed by atoms with Crippen LogP contribution >= 0.6 is 15.9 Å². The molecule has 0 aliphatic carbocycles. The van der Waals surface area contributed by atoms with Gasteiger partial charge in [-0.05, 0) is 36.6 Å². The van der Waals surface area contributed by atoms with Crippen LogP contribution in [0.4, 0.5) is 0 Å². The Morgan fingerprint density at radius 1 is 1.44 bits per heavy atom. The lowest BCUT2D eigenvalue weighted by Crippen LogP contribution is -2.03. The van der Waals surface area contributed by atoms with E-state index in [9.17, 15) is 4.79 Å². The van der Waals surface area contributed by atoms with E-state index in [0.29, 0.717) is 12.0 Å². The van der Waals surface area contributed by atoms with Gasteiger partial charge in [0.1, 0.15) is 11.6 Å². The lowest BCUT2D eigenvalue weighted by Gasteiger charge is -2.03. The molecule has 82 valence electrons. The van der Waals surface area contributed by atoms with Gasteiger partial charge in [0, 0.05) is 4.47 Å². The Balaban J connectivity index is 2.93. The van der Waals surface area contributed by atoms with Gasteiger partial charge in [-0.2, -0.15) is 5.26 Å². The van der Waals surface area contributed by atoms with E-state index >= 15 is 0 Å². The van der Waals surface area contributed by atoms with Gasteiger partial charge in [0.15, 0.2) is 0 Å². The van der Waals surface area contributed by atoms with Crippen molar-refractivity contribution in [1.82, 2.24) is 0 Å². The number of nitriles is 1. The van der Waals surface area contributed by atoms with E-state index in [1.54, 1.807) is 13.0 Å². The fourth-order valence-corrected chi connectivity index (χ4v) is 1.59. The first-order valence-electron chi connectivity index (χ1n) is 4.62. The fourth-order valence-electron chi connectivity index (χ4n) is 1.32. The van der Waals surface area contributed by atoms with Gasteiger partial charge >= 0.3 is 5.97 Å². The molecule has 0 spiro atoms. The number of carboxylic acid groups (broad SMARTS) is 1. The summed E-state index contributed by atoms with van der Waals surface area (Å²) in [5.74, 6) is -1.17. The maximum Gasteiger partial charge on any atom is 0.346 e. The number of hydrogen-bond acceptors (Lipinski definition) is 2. The third-order valence-corrected chi connectivity index (χ3v) is 2.66. The minimum atomic E-state index is -1.17. The van der Waals surface area contributed by atoms with Crippen molar-refractivity contribution in [2.75, 3.05) is 0 Å². The van der Waals surface area contributed by atoms with Crippen molar-refractivity contribution >= 4 is 21.9 Å². The predicted octanol–water partition coefficient (Wildman–Crippen LogP) is 2.92. The quantitative estimate of drug-likeness (QED) is 0.684. The molecule has 0 aliphatic heterocycles. The smallest absolute Gasteiger partial charge is 0.346 e. The van der Waals surface area contributed by atoms with E-state index in [2.05, 4.69) is 15.9 Å². The third kappa shape index (κ3) is 3.21. The van der Waals surface area contributed by atoms with Gasteiger partial charge in [0.2, 0.25) is 0 Å². The molecule has 0 heterocycles. The standard InChI is InChI=1S/C12H10BrNO2/c1-8(11(7-14)12(15)16)6-9-2-4-10(13)5-3-9/h2-5H,6H2,1H3,(H,15,16). The summed E-state index contributed by atoms with van der Waals surface area (Å²) in [6.07, 6.45) is 0.475. The Morgan fingerprint density at radius 3 is 2.44 bits per heavy atom. The SMILES string of the molecule is CC(Cc1ccc(Br)cc1)=C(C#N)C(=O)O. The molecule has 4 heteroatoms. The maximum atomic E-state index is 10.7. The Morgan fingerprint density at radius 2 is 2.00 bits per heavy atom. The van der Waals surface area contributed by atoms with Gasteiger partial charge in [0.25, 0.3) is 0 Å². The summed E-state index contributed by atoms with van der Waals surface area (Å²) in [5.41, 5.74) is 1.37. The number of benzene rings is 1. The average molecular weight is 280 g/mol. The number of aliphatic carboxylic acids is 1. The van der Waals surface area contributed by atoms with Crippen LogP contribution in [0.5, 0.6) is 0 Å². The van der Waals surface area contributed by atoms with E-state index < -0.39 is 5.97 Å². The van der Waals surface area contributed by atoms with Crippen molar-refractivity contribution in [3.63, 3.8) is 0 Å². The molecule has 0 amide bonds. The predicted molar refractivity (Wildman–Crippen MR) is 63.8 cm³/mol. The molecule has 0 fully saturated rings. The highest BCUT2D eigenvalue weighted by molar-refractivity contribution is 9.10. The second kappa shape index (κ2) is 5.47. The Kier molecular flexibility index (Phi) is 4.27. The summed E-state index contributed by atoms with van der Waals surface area (Å²) in [4.78, 5) is 10.7. The van der Waals surface area contributed by atoms with Crippen LogP contribution < -0.4 is 0 Å². The highest BCUT2D eigenvalue weighted by Gasteiger charge is 2.10. The van der Waals surface area contributed by atoms with Crippen LogP contribution in [0.25, 0.3) is 0 Å². The average Bonchev–Trinajstić information content (AvgIpc) is 2.22. The number of halogens is 1. The van der Waals surface area contributed by atoms with Crippen LogP contribution in [0, 0.1) is 11.3 Å². The summed E-state index contributed by atoms with van der Waals surface area (Å²) in [6, 6.07) is 9.26. The normalized spacial score (nSPS) is 11.6. The molecule has 0 aliphatic rings. The lowest BCUT2D eigenvalue weighted by molar-refractivity contribution is -0.132. The van der Waals surface area contributed by atoms with E-state index in [1.807, 2.05) is 24.3 Å². The first kappa shape index (κ1) is 12.5. The molecule has 1 aromatic rings. The summed E-state index contributed by atoms with van der Waals surface area (Å²) in [5, 5.41) is 17.5. The van der Waals surface area contributed by atoms with Crippen molar-refractivity contribution in [2.45, 2.75) is 13.3 Å². The molecule has 0 aromatic heterocycles. The number of hydrogen-bond donors (Lipinski definition) is 1. The first-order valence-corrected chi connectivity index (χ1v) is 5.41. The summed E-state index contributed by atoms with van der Waals surface area (Å²) >= 11 is 3.32. The van der Waals surface area contributed by atoms with Crippen LogP contribution in [-0.4, -0.2) is 11.1 Å². The van der Waals surface area contributed by atoms with Gasteiger partial charge in [-0.3, -0.25) is 0 Å². The zero-order chi connectivity index (χ0) is 12.1. The molecule has 0 radical (unpaired) electrons. The van der Waals surface area contributed by atoms with Crippen molar-refractivity contribution in [2.24, 2.45) is 0 Å². The zero-order valence-corrected chi connectivity index (χ0v) is 10.3. The molecule has 1 N–H and O–H groups in total. The van der Waals surface area contributed by atoms with E-state index in [-0.39, 0.29) is 5.57 Å². The monoisotopic (exact) mass is 279 g/mol. The number of rotatable bonds is 3. The van der Waals surface area contributed by atoms with E-state index in [4.69, 9.17) is 10.4 Å². The molecular weight excluding hydrogens is 270 g/mol. The molecule has 0 atom stereocenters. The van der Waals surface area contributed by atoms with Gasteiger partial charge in [0.05, 0.1) is 0 Å². The van der Waals surface area contributed by atoms with Crippen LogP contribution in [0.15, 0.2) is 39.9 Å². The maximum absolute atomic E-state index is 10.7. The summed E-state index contributed by atoms with van der Waals surface area (Å²) in [7, 11) is 0. The fraction of sp³-hybridized carbons (Fsp3) is 0.167. The number of allylic oxidation sites excluding steroid dienone is 1. The second-order valence-electron chi connectivity index (χ2n) is 3.38. The minimum absolute atomic E-state index is 0.178. The van der Waals surface area contributed by atoms with Crippen LogP contribution in [0.3, 0.4) is 0 Å². The number of carboxylic acids is 1. The van der Waals surface area contributed by atoms with E-state index in [0.717, 1.165) is 10.0 Å². The topological polar surface area (TPSA) is 61.1 Å². The highest BCUT2D eigenvalue weighted by atomic mass is 79.9. The summed E-state index contributed by atoms with van der Waals surface area (Å²) in [6.45, 7) is 1.66. The van der Waals surface area contributed by atoms with Crippen LogP contribution in [0.2, 0.25) is 0 Å². The Hall–Kier alpha value is -1.60. The van der Waals surface area contributed by atoms with Crippen LogP contribution in [-0.2, 0) is 11.2 Å². The van der Waals surface area contributed by atoms with Gasteiger partial charge in [-0.15, -0.1) is 0 Å². The van der Waals surface area contributed by atoms with Gasteiger partial charge < -0.3 is 5.11 Å². The molecule has 16 heavy (non-hydrogen) atoms. The van der Waals surface area contributed by atoms with Crippen molar-refractivity contribution in [3.8, 4) is 6.07 Å². The van der Waals surface area contributed by atoms with Crippen LogP contribution in [0.1, 0.15) is 12.5 Å². The van der Waals surface area contributed by atoms with Crippen molar-refractivity contribution < 1.29 is 9.90 Å². The second-order valence-corrected chi connectivity index (χ2v) is 4.29. The molecule has 3 nitrogen and oxygen atoms in total. The zero-order valence-electron chi connectivity index (χ0n) is 8.70. The lowest BCUT2D eigenvalue weighted by atomic mass is 10.0. The number of nitrogens with zero attached hydrogens (tertiary/aromatic N) is 1. The molecule has 1 rings (SSSR count). The molecule has 0 bridgehead atoms. The van der Waals surface area contributed by atoms with Gasteiger partial charge in [-0.25, -0.2) is 4.79 Å². The summed E-state index contributed by atoms with van der Waals surface area (Å²) < 4.78 is 0.969. The van der Waals surface area contributed by atoms with E-state index in [1.165, 1.54) is 0 Å². The largest absolute Gasteiger partial charge is 0.477 e. The first-order chi connectivity index (χ1) is 7.54.